The number of carbonyl (C=O) groups excluding carboxylic acids is 1. The Balaban J connectivity index is 1.62. The summed E-state index contributed by atoms with van der Waals surface area (Å²) in [6.45, 7) is 1.11. The normalized spacial score (nSPS) is 15.6. The fourth-order valence-corrected chi connectivity index (χ4v) is 3.47. The Morgan fingerprint density at radius 3 is 2.18 bits per heavy atom. The maximum Gasteiger partial charge on any atom is 0.322 e. The summed E-state index contributed by atoms with van der Waals surface area (Å²) < 4.78 is 11.3. The molecule has 1 aliphatic rings. The van der Waals surface area contributed by atoms with Crippen molar-refractivity contribution in [2.24, 2.45) is 0 Å². The number of amides is 2. The Kier molecular flexibility index (Phi) is 4.65. The molecule has 1 saturated heterocycles. The second kappa shape index (κ2) is 6.85. The monoisotopic (exact) mass is 314 g/mol. The van der Waals surface area contributed by atoms with Crippen molar-refractivity contribution in [2.45, 2.75) is 0 Å². The Morgan fingerprint density at radius 1 is 0.955 bits per heavy atom. The lowest BCUT2D eigenvalue weighted by atomic mass is 10.1. The van der Waals surface area contributed by atoms with E-state index in [0.717, 1.165) is 16.8 Å². The smallest absolute Gasteiger partial charge is 0.322 e. The molecule has 4 nitrogen and oxygen atoms in total. The maximum atomic E-state index is 12.1. The average Bonchev–Trinajstić information content (AvgIpc) is 2.57. The summed E-state index contributed by atoms with van der Waals surface area (Å²) in [4.78, 5) is 13.9. The molecule has 3 rings (SSSR count). The molecule has 0 bridgehead atoms. The highest BCUT2D eigenvalue weighted by Crippen LogP contribution is 2.21. The molecule has 0 unspecified atom stereocenters. The van der Waals surface area contributed by atoms with E-state index < -0.39 is 11.2 Å². The molecule has 2 amide bonds. The number of rotatable bonds is 2. The zero-order valence-electron chi connectivity index (χ0n) is 12.2. The van der Waals surface area contributed by atoms with E-state index in [-0.39, 0.29) is 6.03 Å². The topological polar surface area (TPSA) is 55.4 Å². The predicted molar refractivity (Wildman–Crippen MR) is 90.3 cm³/mol. The van der Waals surface area contributed by atoms with Gasteiger partial charge in [0.15, 0.2) is 0 Å². The van der Waals surface area contributed by atoms with Gasteiger partial charge in [-0.3, -0.25) is 0 Å². The number of nitrogens with zero attached hydrogens (tertiary/aromatic N) is 1. The first-order valence-corrected chi connectivity index (χ1v) is 8.77. The fourth-order valence-electron chi connectivity index (χ4n) is 2.42. The van der Waals surface area contributed by atoms with Crippen molar-refractivity contribution in [1.82, 2.24) is 4.90 Å². The molecule has 0 saturated carbocycles. The van der Waals surface area contributed by atoms with Gasteiger partial charge < -0.3 is 14.8 Å². The molecule has 22 heavy (non-hydrogen) atoms. The van der Waals surface area contributed by atoms with Crippen LogP contribution in [-0.4, -0.2) is 40.1 Å². The molecule has 2 aromatic carbocycles. The van der Waals surface area contributed by atoms with Crippen molar-refractivity contribution >= 4 is 22.9 Å². The average molecular weight is 314 g/mol. The molecule has 0 atom stereocenters. The van der Waals surface area contributed by atoms with E-state index >= 15 is 0 Å². The van der Waals surface area contributed by atoms with E-state index in [1.807, 2.05) is 42.5 Å². The van der Waals surface area contributed by atoms with E-state index in [2.05, 4.69) is 17.4 Å². The first kappa shape index (κ1) is 14.9. The predicted octanol–water partition coefficient (Wildman–Crippen LogP) is 2.95. The molecule has 1 aliphatic heterocycles. The molecule has 1 fully saturated rings. The summed E-state index contributed by atoms with van der Waals surface area (Å²) in [6, 6.07) is 17.8. The summed E-state index contributed by atoms with van der Waals surface area (Å²) in [5.41, 5.74) is 3.04. The van der Waals surface area contributed by atoms with E-state index in [9.17, 15) is 9.35 Å². The number of hydrogen-bond donors (Lipinski definition) is 1. The summed E-state index contributed by atoms with van der Waals surface area (Å²) in [5.74, 6) is 1.14. The molecular formula is C17H18N2O2S. The summed E-state index contributed by atoms with van der Waals surface area (Å²) >= 11 is -0.770. The Morgan fingerprint density at radius 2 is 1.55 bits per heavy atom. The van der Waals surface area contributed by atoms with Crippen LogP contribution in [0.15, 0.2) is 54.6 Å². The van der Waals surface area contributed by atoms with Crippen LogP contribution in [0.25, 0.3) is 11.1 Å². The van der Waals surface area contributed by atoms with Gasteiger partial charge in [-0.05, 0) is 23.3 Å². The van der Waals surface area contributed by atoms with Crippen LogP contribution in [0, 0.1) is 0 Å². The minimum absolute atomic E-state index is 0.121. The molecule has 0 spiro atoms. The van der Waals surface area contributed by atoms with Gasteiger partial charge >= 0.3 is 6.03 Å². The van der Waals surface area contributed by atoms with Crippen molar-refractivity contribution < 1.29 is 9.35 Å². The molecule has 0 aliphatic carbocycles. The lowest BCUT2D eigenvalue weighted by molar-refractivity contribution is 0.216. The van der Waals surface area contributed by atoms with Gasteiger partial charge in [0.2, 0.25) is 0 Å². The maximum absolute atomic E-state index is 12.1. The van der Waals surface area contributed by atoms with Crippen molar-refractivity contribution in [2.75, 3.05) is 29.9 Å². The fraction of sp³-hybridized carbons (Fsp3) is 0.235. The van der Waals surface area contributed by atoms with Crippen molar-refractivity contribution in [1.29, 1.82) is 0 Å². The molecular weight excluding hydrogens is 296 g/mol. The van der Waals surface area contributed by atoms with Gasteiger partial charge in [-0.2, -0.15) is 0 Å². The highest BCUT2D eigenvalue weighted by molar-refractivity contribution is 7.91. The minimum Gasteiger partial charge on any atom is -0.616 e. The molecule has 1 N–H and O–H groups in total. The quantitative estimate of drug-likeness (QED) is 0.867. The highest BCUT2D eigenvalue weighted by Gasteiger charge is 2.23. The first-order valence-electron chi connectivity index (χ1n) is 7.29. The SMILES string of the molecule is O=C(Nc1ccc(-c2ccccc2)cc1)N1CC[S+]([O-])CC1. The van der Waals surface area contributed by atoms with Crippen LogP contribution in [-0.2, 0) is 11.2 Å². The van der Waals surface area contributed by atoms with Gasteiger partial charge in [-0.15, -0.1) is 0 Å². The van der Waals surface area contributed by atoms with Crippen LogP contribution in [0.2, 0.25) is 0 Å². The molecule has 1 heterocycles. The van der Waals surface area contributed by atoms with Gasteiger partial charge in [0, 0.05) is 5.69 Å². The van der Waals surface area contributed by atoms with E-state index in [0.29, 0.717) is 24.6 Å². The third kappa shape index (κ3) is 3.61. The van der Waals surface area contributed by atoms with Crippen molar-refractivity contribution in [3.63, 3.8) is 0 Å². The zero-order chi connectivity index (χ0) is 15.4. The third-order valence-electron chi connectivity index (χ3n) is 3.71. The summed E-state index contributed by atoms with van der Waals surface area (Å²) in [7, 11) is 0. The molecule has 114 valence electrons. The number of benzene rings is 2. The second-order valence-electron chi connectivity index (χ2n) is 5.21. The largest absolute Gasteiger partial charge is 0.616 e. The van der Waals surface area contributed by atoms with Crippen molar-refractivity contribution in [3.8, 4) is 11.1 Å². The van der Waals surface area contributed by atoms with Gasteiger partial charge in [0.25, 0.3) is 0 Å². The number of anilines is 1. The van der Waals surface area contributed by atoms with Crippen LogP contribution < -0.4 is 5.32 Å². The Labute approximate surface area is 133 Å². The second-order valence-corrected chi connectivity index (χ2v) is 6.90. The summed E-state index contributed by atoms with van der Waals surface area (Å²) in [5, 5.41) is 2.89. The van der Waals surface area contributed by atoms with E-state index in [1.165, 1.54) is 0 Å². The lowest BCUT2D eigenvalue weighted by Gasteiger charge is -2.28. The van der Waals surface area contributed by atoms with E-state index in [4.69, 9.17) is 0 Å². The number of carbonyl (C=O) groups is 1. The van der Waals surface area contributed by atoms with Crippen molar-refractivity contribution in [3.05, 3.63) is 54.6 Å². The van der Waals surface area contributed by atoms with Gasteiger partial charge in [-0.25, -0.2) is 4.79 Å². The number of nitrogens with one attached hydrogen (secondary N) is 1. The standard InChI is InChI=1S/C17H18N2O2S/c20-17(19-10-12-22(21)13-11-19)18-16-8-6-15(7-9-16)14-4-2-1-3-5-14/h1-9H,10-13H2,(H,18,20). The summed E-state index contributed by atoms with van der Waals surface area (Å²) in [6.07, 6.45) is 0. The molecule has 0 radical (unpaired) electrons. The molecule has 0 aromatic heterocycles. The molecule has 2 aromatic rings. The van der Waals surface area contributed by atoms with Crippen LogP contribution in [0.4, 0.5) is 10.5 Å². The van der Waals surface area contributed by atoms with E-state index in [1.54, 1.807) is 4.90 Å². The highest BCUT2D eigenvalue weighted by atomic mass is 32.2. The number of hydrogen-bond acceptors (Lipinski definition) is 2. The number of urea groups is 1. The van der Waals surface area contributed by atoms with Gasteiger partial charge in [0.1, 0.15) is 11.5 Å². The van der Waals surface area contributed by atoms with Crippen LogP contribution >= 0.6 is 0 Å². The van der Waals surface area contributed by atoms with Gasteiger partial charge in [-0.1, -0.05) is 53.6 Å². The minimum atomic E-state index is -0.770. The van der Waals surface area contributed by atoms with Gasteiger partial charge in [0.05, 0.1) is 13.1 Å². The Hall–Kier alpha value is -1.98. The molecule has 5 heteroatoms. The third-order valence-corrected chi connectivity index (χ3v) is 4.98. The van der Waals surface area contributed by atoms with Crippen LogP contribution in [0.1, 0.15) is 0 Å². The Bertz CT molecular complexity index is 623. The van der Waals surface area contributed by atoms with Crippen LogP contribution in [0.5, 0.6) is 0 Å². The zero-order valence-corrected chi connectivity index (χ0v) is 13.0. The lowest BCUT2D eigenvalue weighted by Crippen LogP contribution is -2.45. The van der Waals surface area contributed by atoms with Crippen LogP contribution in [0.3, 0.4) is 0 Å². The first-order chi connectivity index (χ1) is 10.7.